The lowest BCUT2D eigenvalue weighted by atomic mass is 9.86. The number of aromatic nitrogens is 4. The largest absolute Gasteiger partial charge is 0.456 e. The zero-order valence-electron chi connectivity index (χ0n) is 20.7. The van der Waals surface area contributed by atoms with E-state index in [1.54, 1.807) is 6.20 Å². The molecular formula is C29H25N5O2S. The third kappa shape index (κ3) is 4.63. The van der Waals surface area contributed by atoms with Gasteiger partial charge in [-0.25, -0.2) is 9.67 Å². The number of carbonyl (C=O) groups excluding carboxylic acids is 1. The van der Waals surface area contributed by atoms with Gasteiger partial charge < -0.3 is 9.73 Å². The van der Waals surface area contributed by atoms with Gasteiger partial charge in [-0.1, -0.05) is 68.4 Å². The van der Waals surface area contributed by atoms with Crippen LogP contribution >= 0.6 is 11.3 Å². The van der Waals surface area contributed by atoms with Gasteiger partial charge in [-0.2, -0.15) is 0 Å². The molecule has 3 aromatic carbocycles. The van der Waals surface area contributed by atoms with Crippen LogP contribution in [0.5, 0.6) is 0 Å². The molecule has 0 fully saturated rings. The predicted octanol–water partition coefficient (Wildman–Crippen LogP) is 6.90. The average Bonchev–Trinajstić information content (AvgIpc) is 3.62. The summed E-state index contributed by atoms with van der Waals surface area (Å²) < 4.78 is 7.45. The third-order valence-corrected chi connectivity index (χ3v) is 7.07. The molecule has 0 saturated carbocycles. The Bertz CT molecular complexity index is 1740. The van der Waals surface area contributed by atoms with Crippen molar-refractivity contribution in [1.29, 1.82) is 0 Å². The first kappa shape index (κ1) is 23.1. The Morgan fingerprint density at radius 2 is 1.70 bits per heavy atom. The topological polar surface area (TPSA) is 85.8 Å². The van der Waals surface area contributed by atoms with Crippen LogP contribution in [-0.4, -0.2) is 25.9 Å². The quantitative estimate of drug-likeness (QED) is 0.274. The maximum atomic E-state index is 12.7. The molecule has 6 aromatic rings. The van der Waals surface area contributed by atoms with Crippen molar-refractivity contribution in [2.45, 2.75) is 32.7 Å². The predicted molar refractivity (Wildman–Crippen MR) is 148 cm³/mol. The fourth-order valence-electron chi connectivity index (χ4n) is 4.30. The number of thiazole rings is 1. The number of benzene rings is 3. The number of para-hydroxylation sites is 1. The maximum Gasteiger partial charge on any atom is 0.247 e. The van der Waals surface area contributed by atoms with Gasteiger partial charge in [0.1, 0.15) is 23.4 Å². The van der Waals surface area contributed by atoms with Gasteiger partial charge in [0, 0.05) is 27.3 Å². The van der Waals surface area contributed by atoms with E-state index < -0.39 is 0 Å². The molecule has 0 aliphatic carbocycles. The Morgan fingerprint density at radius 1 is 0.946 bits per heavy atom. The fourth-order valence-corrected chi connectivity index (χ4v) is 5.04. The van der Waals surface area contributed by atoms with Gasteiger partial charge >= 0.3 is 0 Å². The molecule has 8 heteroatoms. The average molecular weight is 508 g/mol. The second kappa shape index (κ2) is 8.97. The molecular weight excluding hydrogens is 482 g/mol. The SMILES string of the molecule is CC(C)(C)c1ccc(-c2cn(CC(=O)Nc3nc(-c4ccc5oc6ccccc6c5c4)cs3)nn2)cc1. The van der Waals surface area contributed by atoms with Crippen molar-refractivity contribution in [3.8, 4) is 22.5 Å². The Kier molecular flexibility index (Phi) is 5.61. The Hall–Kier alpha value is -4.30. The van der Waals surface area contributed by atoms with Crippen molar-refractivity contribution in [3.63, 3.8) is 0 Å². The highest BCUT2D eigenvalue weighted by Gasteiger charge is 2.15. The second-order valence-electron chi connectivity index (χ2n) is 10.0. The number of hydrogen-bond donors (Lipinski definition) is 1. The molecule has 0 spiro atoms. The summed E-state index contributed by atoms with van der Waals surface area (Å²) in [6, 6.07) is 22.3. The van der Waals surface area contributed by atoms with Crippen LogP contribution in [0.1, 0.15) is 26.3 Å². The molecule has 0 aliphatic rings. The molecule has 0 unspecified atom stereocenters. The molecule has 6 rings (SSSR count). The molecule has 0 bridgehead atoms. The number of nitrogens with zero attached hydrogens (tertiary/aromatic N) is 4. The number of hydrogen-bond acceptors (Lipinski definition) is 6. The van der Waals surface area contributed by atoms with Gasteiger partial charge in [-0.3, -0.25) is 4.79 Å². The summed E-state index contributed by atoms with van der Waals surface area (Å²) in [5, 5.41) is 15.8. The van der Waals surface area contributed by atoms with Crippen LogP contribution in [0.15, 0.2) is 82.7 Å². The Balaban J connectivity index is 1.14. The van der Waals surface area contributed by atoms with Crippen LogP contribution < -0.4 is 5.32 Å². The van der Waals surface area contributed by atoms with Crippen LogP contribution in [0.3, 0.4) is 0 Å². The monoisotopic (exact) mass is 507 g/mol. The summed E-state index contributed by atoms with van der Waals surface area (Å²) in [6.07, 6.45) is 1.78. The van der Waals surface area contributed by atoms with E-state index in [0.29, 0.717) is 5.13 Å². The highest BCUT2D eigenvalue weighted by atomic mass is 32.1. The first-order valence-electron chi connectivity index (χ1n) is 12.0. The lowest BCUT2D eigenvalue weighted by Gasteiger charge is -2.18. The zero-order valence-corrected chi connectivity index (χ0v) is 21.5. The third-order valence-electron chi connectivity index (χ3n) is 6.31. The molecule has 0 aliphatic heterocycles. The van der Waals surface area contributed by atoms with E-state index in [1.807, 2.05) is 53.9 Å². The second-order valence-corrected chi connectivity index (χ2v) is 10.9. The standard InChI is InChI=1S/C29H25N5O2S/c1-29(2,3)20-11-8-18(9-12-20)23-15-34(33-32-23)16-27(35)31-28-30-24(17-37-28)19-10-13-26-22(14-19)21-6-4-5-7-25(21)36-26/h4-15,17H,16H2,1-3H3,(H,30,31,35). The lowest BCUT2D eigenvalue weighted by molar-refractivity contribution is -0.116. The van der Waals surface area contributed by atoms with E-state index in [0.717, 1.165) is 44.5 Å². The molecule has 7 nitrogen and oxygen atoms in total. The summed E-state index contributed by atoms with van der Waals surface area (Å²) >= 11 is 1.39. The van der Waals surface area contributed by atoms with Gasteiger partial charge in [0.05, 0.1) is 11.9 Å². The van der Waals surface area contributed by atoms with Crippen molar-refractivity contribution in [1.82, 2.24) is 20.0 Å². The molecule has 184 valence electrons. The molecule has 1 N–H and O–H groups in total. The minimum Gasteiger partial charge on any atom is -0.456 e. The minimum atomic E-state index is -0.211. The molecule has 1 amide bonds. The van der Waals surface area contributed by atoms with Gasteiger partial charge in [-0.15, -0.1) is 16.4 Å². The number of nitrogens with one attached hydrogen (secondary N) is 1. The number of amides is 1. The molecule has 3 aromatic heterocycles. The zero-order chi connectivity index (χ0) is 25.6. The smallest absolute Gasteiger partial charge is 0.247 e. The summed E-state index contributed by atoms with van der Waals surface area (Å²) in [4.78, 5) is 17.3. The number of carbonyl (C=O) groups is 1. The summed E-state index contributed by atoms with van der Waals surface area (Å²) in [5.41, 5.74) is 6.50. The molecule has 37 heavy (non-hydrogen) atoms. The summed E-state index contributed by atoms with van der Waals surface area (Å²) in [7, 11) is 0. The number of rotatable bonds is 5. The summed E-state index contributed by atoms with van der Waals surface area (Å²) in [6.45, 7) is 6.60. The highest BCUT2D eigenvalue weighted by Crippen LogP contribution is 2.33. The van der Waals surface area contributed by atoms with Gasteiger partial charge in [0.15, 0.2) is 5.13 Å². The van der Waals surface area contributed by atoms with Crippen LogP contribution in [0.4, 0.5) is 5.13 Å². The maximum absolute atomic E-state index is 12.7. The normalized spacial score (nSPS) is 11.9. The van der Waals surface area contributed by atoms with Crippen LogP contribution in [0.2, 0.25) is 0 Å². The molecule has 0 atom stereocenters. The van der Waals surface area contributed by atoms with Crippen molar-refractivity contribution < 1.29 is 9.21 Å². The van der Waals surface area contributed by atoms with Crippen LogP contribution in [0, 0.1) is 0 Å². The van der Waals surface area contributed by atoms with Gasteiger partial charge in [0.2, 0.25) is 5.91 Å². The van der Waals surface area contributed by atoms with E-state index in [9.17, 15) is 4.79 Å². The van der Waals surface area contributed by atoms with E-state index in [1.165, 1.54) is 21.6 Å². The number of anilines is 1. The fraction of sp³-hybridized carbons (Fsp3) is 0.172. The van der Waals surface area contributed by atoms with Crippen molar-refractivity contribution in [3.05, 3.63) is 83.9 Å². The Morgan fingerprint density at radius 3 is 2.51 bits per heavy atom. The lowest BCUT2D eigenvalue weighted by Crippen LogP contribution is -2.19. The van der Waals surface area contributed by atoms with E-state index in [4.69, 9.17) is 4.42 Å². The van der Waals surface area contributed by atoms with Crippen molar-refractivity contribution in [2.75, 3.05) is 5.32 Å². The van der Waals surface area contributed by atoms with E-state index >= 15 is 0 Å². The number of fused-ring (bicyclic) bond motifs is 3. The highest BCUT2D eigenvalue weighted by molar-refractivity contribution is 7.14. The molecule has 3 heterocycles. The van der Waals surface area contributed by atoms with Crippen molar-refractivity contribution >= 4 is 44.3 Å². The van der Waals surface area contributed by atoms with Crippen LogP contribution in [0.25, 0.3) is 44.5 Å². The Labute approximate surface area is 217 Å². The first-order chi connectivity index (χ1) is 17.8. The van der Waals surface area contributed by atoms with E-state index in [2.05, 4.69) is 59.6 Å². The van der Waals surface area contributed by atoms with Gasteiger partial charge in [0.25, 0.3) is 0 Å². The van der Waals surface area contributed by atoms with Crippen molar-refractivity contribution in [2.24, 2.45) is 0 Å². The van der Waals surface area contributed by atoms with Crippen LogP contribution in [-0.2, 0) is 16.8 Å². The minimum absolute atomic E-state index is 0.0506. The molecule has 0 saturated heterocycles. The van der Waals surface area contributed by atoms with Gasteiger partial charge in [-0.05, 0) is 35.2 Å². The summed E-state index contributed by atoms with van der Waals surface area (Å²) in [5.74, 6) is -0.211. The van der Waals surface area contributed by atoms with E-state index in [-0.39, 0.29) is 17.9 Å². The molecule has 0 radical (unpaired) electrons. The first-order valence-corrected chi connectivity index (χ1v) is 12.9. The number of furan rings is 1.